The van der Waals surface area contributed by atoms with Crippen LogP contribution in [0.2, 0.25) is 19.6 Å². The van der Waals surface area contributed by atoms with Gasteiger partial charge in [0, 0.05) is 5.56 Å². The zero-order chi connectivity index (χ0) is 15.4. The fraction of sp³-hybridized carbons (Fsp3) is 0.579. The minimum atomic E-state index is -1.28. The summed E-state index contributed by atoms with van der Waals surface area (Å²) in [5.74, 6) is 4.10. The van der Waals surface area contributed by atoms with Crippen LogP contribution < -0.4 is 0 Å². The van der Waals surface area contributed by atoms with Crippen molar-refractivity contribution in [2.45, 2.75) is 65.6 Å². The van der Waals surface area contributed by atoms with Gasteiger partial charge in [-0.15, -0.1) is 5.54 Å². The molecule has 0 aromatic heterocycles. The van der Waals surface area contributed by atoms with Crippen molar-refractivity contribution in [1.29, 1.82) is 0 Å². The lowest BCUT2D eigenvalue weighted by Crippen LogP contribution is -2.18. The van der Waals surface area contributed by atoms with E-state index >= 15 is 0 Å². The highest BCUT2D eigenvalue weighted by Crippen LogP contribution is 2.30. The maximum atomic E-state index is 3.43. The minimum absolute atomic E-state index is 0.259. The summed E-state index contributed by atoms with van der Waals surface area (Å²) in [6, 6.07) is 8.88. The summed E-state index contributed by atoms with van der Waals surface area (Å²) in [7, 11) is -1.28. The molecule has 0 radical (unpaired) electrons. The van der Waals surface area contributed by atoms with Crippen molar-refractivity contribution in [3.05, 3.63) is 35.4 Å². The molecule has 0 aliphatic heterocycles. The predicted molar refractivity (Wildman–Crippen MR) is 93.8 cm³/mol. The molecule has 20 heavy (non-hydrogen) atoms. The Morgan fingerprint density at radius 3 is 2.05 bits per heavy atom. The van der Waals surface area contributed by atoms with Crippen LogP contribution in [0.25, 0.3) is 0 Å². The topological polar surface area (TPSA) is 0 Å². The smallest absolute Gasteiger partial charge is 0.127 e. The van der Waals surface area contributed by atoms with E-state index in [-0.39, 0.29) is 5.41 Å². The van der Waals surface area contributed by atoms with E-state index in [0.29, 0.717) is 0 Å². The highest BCUT2D eigenvalue weighted by Gasteiger charge is 2.20. The van der Waals surface area contributed by atoms with E-state index in [9.17, 15) is 0 Å². The predicted octanol–water partition coefficient (Wildman–Crippen LogP) is 5.63. The van der Waals surface area contributed by atoms with Crippen LogP contribution in [0.1, 0.15) is 51.7 Å². The standard InChI is InChI=1S/C19H30Si/c1-16(2)12-14-19(3,4)18-10-8-17(9-11-18)13-15-20(5,6)7/h8-11,16H,12,14H2,1-7H3. The monoisotopic (exact) mass is 286 g/mol. The Bertz CT molecular complexity index is 475. The molecule has 0 atom stereocenters. The summed E-state index contributed by atoms with van der Waals surface area (Å²) in [6.45, 7) is 16.1. The summed E-state index contributed by atoms with van der Waals surface area (Å²) in [5, 5.41) is 0. The van der Waals surface area contributed by atoms with Gasteiger partial charge < -0.3 is 0 Å². The number of hydrogen-bond acceptors (Lipinski definition) is 0. The van der Waals surface area contributed by atoms with E-state index in [4.69, 9.17) is 0 Å². The Hall–Kier alpha value is -1.00. The first kappa shape index (κ1) is 17.0. The third-order valence-electron chi connectivity index (χ3n) is 3.59. The van der Waals surface area contributed by atoms with Gasteiger partial charge in [-0.3, -0.25) is 0 Å². The van der Waals surface area contributed by atoms with Gasteiger partial charge in [-0.05, 0) is 35.4 Å². The fourth-order valence-corrected chi connectivity index (χ4v) is 2.58. The lowest BCUT2D eigenvalue weighted by Gasteiger charge is -2.26. The Morgan fingerprint density at radius 1 is 1.05 bits per heavy atom. The normalized spacial score (nSPS) is 12.2. The SMILES string of the molecule is CC(C)CCC(C)(C)c1ccc(C#C[Si](C)(C)C)cc1. The van der Waals surface area contributed by atoms with Crippen molar-refractivity contribution in [2.24, 2.45) is 5.92 Å². The molecule has 0 amide bonds. The van der Waals surface area contributed by atoms with E-state index in [1.54, 1.807) is 0 Å². The molecule has 0 unspecified atom stereocenters. The molecule has 0 nitrogen and oxygen atoms in total. The van der Waals surface area contributed by atoms with Gasteiger partial charge in [0.05, 0.1) is 0 Å². The van der Waals surface area contributed by atoms with E-state index < -0.39 is 8.07 Å². The first-order valence-electron chi connectivity index (χ1n) is 7.74. The summed E-state index contributed by atoms with van der Waals surface area (Å²) < 4.78 is 0. The summed E-state index contributed by atoms with van der Waals surface area (Å²) in [6.07, 6.45) is 2.52. The highest BCUT2D eigenvalue weighted by atomic mass is 28.3. The minimum Gasteiger partial charge on any atom is -0.127 e. The van der Waals surface area contributed by atoms with Crippen LogP contribution in [-0.2, 0) is 5.41 Å². The molecular formula is C19H30Si. The number of hydrogen-bond donors (Lipinski definition) is 0. The Kier molecular flexibility index (Phi) is 5.65. The number of rotatable bonds is 4. The molecule has 1 aromatic carbocycles. The zero-order valence-electron chi connectivity index (χ0n) is 14.3. The van der Waals surface area contributed by atoms with Crippen molar-refractivity contribution < 1.29 is 0 Å². The molecule has 0 saturated heterocycles. The van der Waals surface area contributed by atoms with Gasteiger partial charge in [0.2, 0.25) is 0 Å². The van der Waals surface area contributed by atoms with Crippen LogP contribution in [0.15, 0.2) is 24.3 Å². The quantitative estimate of drug-likeness (QED) is 0.497. The van der Waals surface area contributed by atoms with Crippen molar-refractivity contribution >= 4 is 8.07 Å². The third kappa shape index (κ3) is 5.97. The van der Waals surface area contributed by atoms with E-state index in [1.165, 1.54) is 18.4 Å². The molecule has 0 aliphatic carbocycles. The summed E-state index contributed by atoms with van der Waals surface area (Å²) >= 11 is 0. The molecule has 1 rings (SSSR count). The van der Waals surface area contributed by atoms with Crippen LogP contribution in [0, 0.1) is 17.4 Å². The summed E-state index contributed by atoms with van der Waals surface area (Å²) in [5.41, 5.74) is 6.26. The van der Waals surface area contributed by atoms with Crippen LogP contribution in [0.5, 0.6) is 0 Å². The van der Waals surface area contributed by atoms with E-state index in [2.05, 4.69) is 83.1 Å². The second-order valence-corrected chi connectivity index (χ2v) is 12.6. The van der Waals surface area contributed by atoms with Crippen LogP contribution in [0.3, 0.4) is 0 Å². The lowest BCUT2D eigenvalue weighted by atomic mass is 9.79. The molecule has 0 aliphatic rings. The third-order valence-corrected chi connectivity index (χ3v) is 4.47. The molecule has 0 fully saturated rings. The maximum absolute atomic E-state index is 3.43. The first-order chi connectivity index (χ1) is 9.10. The Morgan fingerprint density at radius 2 is 1.60 bits per heavy atom. The molecular weight excluding hydrogens is 256 g/mol. The van der Waals surface area contributed by atoms with Gasteiger partial charge in [0.1, 0.15) is 8.07 Å². The van der Waals surface area contributed by atoms with Gasteiger partial charge in [0.25, 0.3) is 0 Å². The van der Waals surface area contributed by atoms with Crippen molar-refractivity contribution in [2.75, 3.05) is 0 Å². The van der Waals surface area contributed by atoms with Crippen molar-refractivity contribution in [1.82, 2.24) is 0 Å². The molecule has 1 heteroatoms. The largest absolute Gasteiger partial charge is 0.129 e. The molecule has 1 aromatic rings. The van der Waals surface area contributed by atoms with Crippen LogP contribution in [-0.4, -0.2) is 8.07 Å². The van der Waals surface area contributed by atoms with Crippen LogP contribution in [0.4, 0.5) is 0 Å². The van der Waals surface area contributed by atoms with Gasteiger partial charge in [-0.2, -0.15) is 0 Å². The fourth-order valence-electron chi connectivity index (χ4n) is 2.06. The zero-order valence-corrected chi connectivity index (χ0v) is 15.3. The van der Waals surface area contributed by atoms with Gasteiger partial charge in [0.15, 0.2) is 0 Å². The Labute approximate surface area is 127 Å². The van der Waals surface area contributed by atoms with E-state index in [0.717, 1.165) is 11.5 Å². The maximum Gasteiger partial charge on any atom is 0.129 e. The van der Waals surface area contributed by atoms with Gasteiger partial charge in [-0.1, -0.05) is 71.8 Å². The molecule has 0 spiro atoms. The second kappa shape index (κ2) is 6.63. The lowest BCUT2D eigenvalue weighted by molar-refractivity contribution is 0.415. The molecule has 0 bridgehead atoms. The molecule has 110 valence electrons. The average Bonchev–Trinajstić information content (AvgIpc) is 2.34. The van der Waals surface area contributed by atoms with Crippen LogP contribution >= 0.6 is 0 Å². The molecule has 0 saturated carbocycles. The summed E-state index contributed by atoms with van der Waals surface area (Å²) in [4.78, 5) is 0. The Balaban J connectivity index is 2.82. The van der Waals surface area contributed by atoms with Gasteiger partial charge in [-0.25, -0.2) is 0 Å². The first-order valence-corrected chi connectivity index (χ1v) is 11.2. The molecule has 0 N–H and O–H groups in total. The average molecular weight is 287 g/mol. The van der Waals surface area contributed by atoms with Crippen molar-refractivity contribution in [3.63, 3.8) is 0 Å². The highest BCUT2D eigenvalue weighted by molar-refractivity contribution is 6.83. The van der Waals surface area contributed by atoms with Crippen molar-refractivity contribution in [3.8, 4) is 11.5 Å². The molecule has 0 heterocycles. The van der Waals surface area contributed by atoms with Gasteiger partial charge >= 0.3 is 0 Å². The van der Waals surface area contributed by atoms with E-state index in [1.807, 2.05) is 0 Å². The second-order valence-electron chi connectivity index (χ2n) is 7.89. The number of benzene rings is 1.